The van der Waals surface area contributed by atoms with Crippen LogP contribution in [0.2, 0.25) is 0 Å². The van der Waals surface area contributed by atoms with Crippen molar-refractivity contribution < 1.29 is 4.79 Å². The molecule has 0 aliphatic heterocycles. The molecule has 2 aromatic rings. The second-order valence-corrected chi connectivity index (χ2v) is 4.55. The van der Waals surface area contributed by atoms with Gasteiger partial charge in [0.1, 0.15) is 0 Å². The lowest BCUT2D eigenvalue weighted by atomic mass is 9.96. The molecular formula is C15H18N2O. The monoisotopic (exact) mass is 242 g/mol. The van der Waals surface area contributed by atoms with Gasteiger partial charge in [0.25, 0.3) is 5.91 Å². The van der Waals surface area contributed by atoms with Crippen LogP contribution in [0.25, 0.3) is 0 Å². The van der Waals surface area contributed by atoms with Crippen LogP contribution in [0.1, 0.15) is 41.0 Å². The zero-order chi connectivity index (χ0) is 13.1. The van der Waals surface area contributed by atoms with Crippen molar-refractivity contribution in [3.63, 3.8) is 0 Å². The highest BCUT2D eigenvalue weighted by Gasteiger charge is 2.22. The van der Waals surface area contributed by atoms with Crippen molar-refractivity contribution in [1.82, 2.24) is 9.78 Å². The third kappa shape index (κ3) is 2.35. The molecule has 0 fully saturated rings. The molecule has 0 spiro atoms. The minimum atomic E-state index is -0.121. The summed E-state index contributed by atoms with van der Waals surface area (Å²) in [4.78, 5) is 12.5. The van der Waals surface area contributed by atoms with Crippen LogP contribution in [0.4, 0.5) is 0 Å². The molecule has 0 aliphatic rings. The third-order valence-electron chi connectivity index (χ3n) is 3.13. The van der Waals surface area contributed by atoms with Gasteiger partial charge >= 0.3 is 0 Å². The fourth-order valence-electron chi connectivity index (χ4n) is 2.24. The standard InChI is InChI=1S/C15H18N2O/c1-4-14(13-8-6-5-7-9-13)15(18)17-12(3)10-11(2)16-17/h5-10,14H,4H2,1-3H3/t14-/m1/s1. The number of nitrogens with zero attached hydrogens (tertiary/aromatic N) is 2. The zero-order valence-electron chi connectivity index (χ0n) is 11.1. The van der Waals surface area contributed by atoms with Gasteiger partial charge in [0.2, 0.25) is 0 Å². The number of benzene rings is 1. The van der Waals surface area contributed by atoms with Gasteiger partial charge in [0.05, 0.1) is 11.6 Å². The Morgan fingerprint density at radius 3 is 2.44 bits per heavy atom. The van der Waals surface area contributed by atoms with E-state index in [4.69, 9.17) is 0 Å². The van der Waals surface area contributed by atoms with Gasteiger partial charge in [-0.3, -0.25) is 4.79 Å². The number of carbonyl (C=O) groups is 1. The van der Waals surface area contributed by atoms with Crippen molar-refractivity contribution >= 4 is 5.91 Å². The molecule has 0 aliphatic carbocycles. The zero-order valence-corrected chi connectivity index (χ0v) is 11.1. The van der Waals surface area contributed by atoms with E-state index >= 15 is 0 Å². The predicted octanol–water partition coefficient (Wildman–Crippen LogP) is 3.33. The van der Waals surface area contributed by atoms with Gasteiger partial charge in [-0.15, -0.1) is 0 Å². The van der Waals surface area contributed by atoms with Crippen molar-refractivity contribution in [2.45, 2.75) is 33.1 Å². The van der Waals surface area contributed by atoms with E-state index in [1.54, 1.807) is 0 Å². The number of rotatable bonds is 3. The van der Waals surface area contributed by atoms with Crippen molar-refractivity contribution in [3.05, 3.63) is 53.3 Å². The molecule has 3 nitrogen and oxygen atoms in total. The minimum absolute atomic E-state index is 0.0503. The maximum atomic E-state index is 12.5. The predicted molar refractivity (Wildman–Crippen MR) is 71.8 cm³/mol. The van der Waals surface area contributed by atoms with E-state index in [0.29, 0.717) is 0 Å². The molecule has 2 rings (SSSR count). The number of hydrogen-bond donors (Lipinski definition) is 0. The first-order valence-corrected chi connectivity index (χ1v) is 6.26. The summed E-state index contributed by atoms with van der Waals surface area (Å²) in [5.41, 5.74) is 2.83. The molecule has 1 heterocycles. The van der Waals surface area contributed by atoms with E-state index in [-0.39, 0.29) is 11.8 Å². The van der Waals surface area contributed by atoms with Gasteiger partial charge in [0, 0.05) is 5.69 Å². The van der Waals surface area contributed by atoms with E-state index in [2.05, 4.69) is 5.10 Å². The van der Waals surface area contributed by atoms with E-state index in [0.717, 1.165) is 23.4 Å². The van der Waals surface area contributed by atoms with Crippen molar-refractivity contribution in [1.29, 1.82) is 0 Å². The second kappa shape index (κ2) is 5.17. The summed E-state index contributed by atoms with van der Waals surface area (Å²) in [5.74, 6) is -0.0708. The van der Waals surface area contributed by atoms with Crippen LogP contribution in [-0.4, -0.2) is 15.7 Å². The Bertz CT molecular complexity index is 543. The summed E-state index contributed by atoms with van der Waals surface area (Å²) in [7, 11) is 0. The normalized spacial score (nSPS) is 12.4. The number of hydrogen-bond acceptors (Lipinski definition) is 2. The van der Waals surface area contributed by atoms with Gasteiger partial charge < -0.3 is 0 Å². The molecule has 0 saturated heterocycles. The Morgan fingerprint density at radius 1 is 1.28 bits per heavy atom. The molecule has 3 heteroatoms. The molecule has 0 saturated carbocycles. The lowest BCUT2D eigenvalue weighted by Gasteiger charge is -2.14. The Hall–Kier alpha value is -1.90. The summed E-state index contributed by atoms with van der Waals surface area (Å²) in [5, 5.41) is 4.27. The van der Waals surface area contributed by atoms with Gasteiger partial charge in [0.15, 0.2) is 0 Å². The Kier molecular flexibility index (Phi) is 3.60. The molecule has 1 aromatic carbocycles. The first kappa shape index (κ1) is 12.6. The van der Waals surface area contributed by atoms with E-state index in [1.165, 1.54) is 4.68 Å². The summed E-state index contributed by atoms with van der Waals surface area (Å²) < 4.78 is 1.52. The average Bonchev–Trinajstić information content (AvgIpc) is 2.70. The van der Waals surface area contributed by atoms with Gasteiger partial charge in [-0.05, 0) is 31.9 Å². The molecular weight excluding hydrogens is 224 g/mol. The molecule has 94 valence electrons. The molecule has 0 radical (unpaired) electrons. The highest BCUT2D eigenvalue weighted by Crippen LogP contribution is 2.22. The number of carbonyl (C=O) groups excluding carboxylic acids is 1. The van der Waals surface area contributed by atoms with Gasteiger partial charge in [-0.2, -0.15) is 5.10 Å². The topological polar surface area (TPSA) is 34.9 Å². The molecule has 1 aromatic heterocycles. The van der Waals surface area contributed by atoms with Crippen LogP contribution in [0.3, 0.4) is 0 Å². The number of aromatic nitrogens is 2. The quantitative estimate of drug-likeness (QED) is 0.827. The second-order valence-electron chi connectivity index (χ2n) is 4.55. The lowest BCUT2D eigenvalue weighted by Crippen LogP contribution is -2.22. The highest BCUT2D eigenvalue weighted by atomic mass is 16.2. The third-order valence-corrected chi connectivity index (χ3v) is 3.13. The Balaban J connectivity index is 2.34. The minimum Gasteiger partial charge on any atom is -0.272 e. The number of aryl methyl sites for hydroxylation is 2. The SMILES string of the molecule is CC[C@@H](C(=O)n1nc(C)cc1C)c1ccccc1. The lowest BCUT2D eigenvalue weighted by molar-refractivity contribution is 0.0855. The molecule has 0 amide bonds. The molecule has 18 heavy (non-hydrogen) atoms. The maximum Gasteiger partial charge on any atom is 0.254 e. The summed E-state index contributed by atoms with van der Waals surface area (Å²) in [6.45, 7) is 5.84. The van der Waals surface area contributed by atoms with Crippen LogP contribution in [-0.2, 0) is 0 Å². The average molecular weight is 242 g/mol. The van der Waals surface area contributed by atoms with Gasteiger partial charge in [-0.25, -0.2) is 4.68 Å². The summed E-state index contributed by atoms with van der Waals surface area (Å²) >= 11 is 0. The van der Waals surface area contributed by atoms with Crippen LogP contribution in [0, 0.1) is 13.8 Å². The van der Waals surface area contributed by atoms with Crippen LogP contribution in [0.5, 0.6) is 0 Å². The Morgan fingerprint density at radius 2 is 1.94 bits per heavy atom. The van der Waals surface area contributed by atoms with Crippen LogP contribution >= 0.6 is 0 Å². The first-order valence-electron chi connectivity index (χ1n) is 6.26. The molecule has 0 bridgehead atoms. The maximum absolute atomic E-state index is 12.5. The fourth-order valence-corrected chi connectivity index (χ4v) is 2.24. The van der Waals surface area contributed by atoms with E-state index in [1.807, 2.05) is 57.2 Å². The van der Waals surface area contributed by atoms with Crippen LogP contribution in [0.15, 0.2) is 36.4 Å². The van der Waals surface area contributed by atoms with Crippen molar-refractivity contribution in [2.24, 2.45) is 0 Å². The van der Waals surface area contributed by atoms with Crippen molar-refractivity contribution in [3.8, 4) is 0 Å². The van der Waals surface area contributed by atoms with E-state index < -0.39 is 0 Å². The fraction of sp³-hybridized carbons (Fsp3) is 0.333. The smallest absolute Gasteiger partial charge is 0.254 e. The molecule has 0 N–H and O–H groups in total. The largest absolute Gasteiger partial charge is 0.272 e. The first-order chi connectivity index (χ1) is 8.63. The highest BCUT2D eigenvalue weighted by molar-refractivity contribution is 5.85. The Labute approximate surface area is 107 Å². The molecule has 0 unspecified atom stereocenters. The van der Waals surface area contributed by atoms with E-state index in [9.17, 15) is 4.79 Å². The van der Waals surface area contributed by atoms with Crippen LogP contribution < -0.4 is 0 Å². The molecule has 1 atom stereocenters. The van der Waals surface area contributed by atoms with Crippen molar-refractivity contribution in [2.75, 3.05) is 0 Å². The van der Waals surface area contributed by atoms with Gasteiger partial charge in [-0.1, -0.05) is 37.3 Å². The summed E-state index contributed by atoms with van der Waals surface area (Å²) in [6.07, 6.45) is 0.779. The summed E-state index contributed by atoms with van der Waals surface area (Å²) in [6, 6.07) is 11.8.